The van der Waals surface area contributed by atoms with Gasteiger partial charge in [-0.1, -0.05) is 47.5 Å². The minimum absolute atomic E-state index is 0.199. The van der Waals surface area contributed by atoms with Crippen molar-refractivity contribution in [2.45, 2.75) is 18.6 Å². The Morgan fingerprint density at radius 2 is 1.90 bits per heavy atom. The van der Waals surface area contributed by atoms with E-state index in [1.807, 2.05) is 31.2 Å². The number of halogens is 3. The zero-order valence-electron chi connectivity index (χ0n) is 10.9. The maximum atomic E-state index is 14.1. The van der Waals surface area contributed by atoms with Crippen LogP contribution in [0.15, 0.2) is 42.5 Å². The maximum Gasteiger partial charge on any atom is 0.141 e. The van der Waals surface area contributed by atoms with Crippen LogP contribution in [-0.2, 0) is 10.3 Å². The summed E-state index contributed by atoms with van der Waals surface area (Å²) < 4.78 is 19.9. The van der Waals surface area contributed by atoms with E-state index in [4.69, 9.17) is 27.9 Å². The third kappa shape index (κ3) is 2.22. The predicted octanol–water partition coefficient (Wildman–Crippen LogP) is 4.99. The lowest BCUT2D eigenvalue weighted by Gasteiger charge is -2.11. The van der Waals surface area contributed by atoms with E-state index < -0.39 is 5.60 Å². The first kappa shape index (κ1) is 13.9. The van der Waals surface area contributed by atoms with Crippen LogP contribution in [0, 0.1) is 12.7 Å². The molecule has 0 radical (unpaired) electrons. The molecule has 0 N–H and O–H groups in total. The van der Waals surface area contributed by atoms with Gasteiger partial charge in [0.05, 0.1) is 5.88 Å². The van der Waals surface area contributed by atoms with Gasteiger partial charge in [-0.15, -0.1) is 11.6 Å². The highest BCUT2D eigenvalue weighted by Gasteiger charge is 2.59. The lowest BCUT2D eigenvalue weighted by molar-refractivity contribution is 0.310. The molecular weight excluding hydrogens is 298 g/mol. The van der Waals surface area contributed by atoms with Gasteiger partial charge in [-0.05, 0) is 24.6 Å². The van der Waals surface area contributed by atoms with E-state index in [2.05, 4.69) is 0 Å². The van der Waals surface area contributed by atoms with Gasteiger partial charge in [0.2, 0.25) is 0 Å². The van der Waals surface area contributed by atoms with Crippen LogP contribution in [0.3, 0.4) is 0 Å². The molecule has 20 heavy (non-hydrogen) atoms. The molecule has 0 saturated carbocycles. The van der Waals surface area contributed by atoms with Gasteiger partial charge in [0.25, 0.3) is 0 Å². The lowest BCUT2D eigenvalue weighted by Crippen LogP contribution is -2.14. The van der Waals surface area contributed by atoms with Crippen LogP contribution in [-0.4, -0.2) is 5.88 Å². The first-order valence-corrected chi connectivity index (χ1v) is 7.24. The molecule has 1 saturated heterocycles. The fraction of sp³-hybridized carbons (Fsp3) is 0.250. The number of aryl methyl sites for hydroxylation is 1. The van der Waals surface area contributed by atoms with Crippen LogP contribution in [0.25, 0.3) is 0 Å². The Balaban J connectivity index is 1.97. The van der Waals surface area contributed by atoms with Crippen LogP contribution in [0.1, 0.15) is 22.8 Å². The summed E-state index contributed by atoms with van der Waals surface area (Å²) in [5.41, 5.74) is 1.85. The Kier molecular flexibility index (Phi) is 3.49. The largest absolute Gasteiger partial charge is 0.354 e. The SMILES string of the molecule is Cc1ccc(C2OC2(CCl)c2ccc(Cl)cc2F)cc1. The van der Waals surface area contributed by atoms with Gasteiger partial charge in [-0.2, -0.15) is 0 Å². The molecule has 0 spiro atoms. The van der Waals surface area contributed by atoms with Crippen molar-refractivity contribution in [3.8, 4) is 0 Å². The number of hydrogen-bond donors (Lipinski definition) is 0. The van der Waals surface area contributed by atoms with Crippen LogP contribution in [0.5, 0.6) is 0 Å². The number of alkyl halides is 1. The lowest BCUT2D eigenvalue weighted by atomic mass is 9.92. The molecule has 2 aromatic carbocycles. The number of benzene rings is 2. The molecule has 1 aliphatic rings. The van der Waals surface area contributed by atoms with E-state index in [0.717, 1.165) is 5.56 Å². The minimum atomic E-state index is -0.786. The van der Waals surface area contributed by atoms with Crippen LogP contribution in [0.4, 0.5) is 4.39 Å². The van der Waals surface area contributed by atoms with E-state index in [1.165, 1.54) is 11.6 Å². The van der Waals surface area contributed by atoms with Crippen molar-refractivity contribution in [2.24, 2.45) is 0 Å². The molecule has 2 aromatic rings. The highest BCUT2D eigenvalue weighted by molar-refractivity contribution is 6.30. The average molecular weight is 311 g/mol. The number of ether oxygens (including phenoxy) is 1. The molecule has 0 aromatic heterocycles. The summed E-state index contributed by atoms with van der Waals surface area (Å²) in [5.74, 6) is -0.183. The molecular formula is C16H13Cl2FO. The first-order valence-electron chi connectivity index (χ1n) is 6.33. The normalized spacial score (nSPS) is 24.7. The summed E-state index contributed by atoms with van der Waals surface area (Å²) in [6.07, 6.45) is -0.212. The first-order chi connectivity index (χ1) is 9.56. The number of rotatable bonds is 3. The summed E-state index contributed by atoms with van der Waals surface area (Å²) in [4.78, 5) is 0. The minimum Gasteiger partial charge on any atom is -0.354 e. The Labute approximate surface area is 127 Å². The van der Waals surface area contributed by atoms with Crippen LogP contribution >= 0.6 is 23.2 Å². The standard InChI is InChI=1S/C16H13Cl2FO/c1-10-2-4-11(5-3-10)15-16(9-17,20-15)13-7-6-12(18)8-14(13)19/h2-8,15H,9H2,1H3. The molecule has 104 valence electrons. The molecule has 1 aliphatic heterocycles. The summed E-state index contributed by atoms with van der Waals surface area (Å²) in [5, 5.41) is 0.364. The molecule has 1 fully saturated rings. The van der Waals surface area contributed by atoms with Crippen molar-refractivity contribution in [3.63, 3.8) is 0 Å². The Morgan fingerprint density at radius 3 is 2.50 bits per heavy atom. The molecule has 2 atom stereocenters. The van der Waals surface area contributed by atoms with Crippen molar-refractivity contribution >= 4 is 23.2 Å². The molecule has 3 rings (SSSR count). The Hall–Kier alpha value is -1.09. The molecule has 0 bridgehead atoms. The average Bonchev–Trinajstić information content (AvgIpc) is 3.15. The van der Waals surface area contributed by atoms with E-state index in [9.17, 15) is 4.39 Å². The summed E-state index contributed by atoms with van der Waals surface area (Å²) in [6, 6.07) is 12.6. The Bertz CT molecular complexity index is 641. The second-order valence-electron chi connectivity index (χ2n) is 5.06. The molecule has 1 heterocycles. The second kappa shape index (κ2) is 5.03. The smallest absolute Gasteiger partial charge is 0.141 e. The topological polar surface area (TPSA) is 12.5 Å². The van der Waals surface area contributed by atoms with Gasteiger partial charge in [0.1, 0.15) is 17.5 Å². The van der Waals surface area contributed by atoms with Gasteiger partial charge < -0.3 is 4.74 Å². The van der Waals surface area contributed by atoms with Crippen molar-refractivity contribution < 1.29 is 9.13 Å². The fourth-order valence-electron chi connectivity index (χ4n) is 2.47. The van der Waals surface area contributed by atoms with Crippen molar-refractivity contribution in [1.29, 1.82) is 0 Å². The van der Waals surface area contributed by atoms with E-state index in [-0.39, 0.29) is 17.8 Å². The van der Waals surface area contributed by atoms with Crippen LogP contribution < -0.4 is 0 Å². The highest BCUT2D eigenvalue weighted by Crippen LogP contribution is 2.58. The zero-order valence-corrected chi connectivity index (χ0v) is 12.4. The molecule has 1 nitrogen and oxygen atoms in total. The molecule has 0 aliphatic carbocycles. The third-order valence-corrected chi connectivity index (χ3v) is 4.29. The maximum absolute atomic E-state index is 14.1. The van der Waals surface area contributed by atoms with E-state index in [1.54, 1.807) is 12.1 Å². The van der Waals surface area contributed by atoms with Crippen molar-refractivity contribution in [3.05, 3.63) is 70.0 Å². The summed E-state index contributed by atoms with van der Waals surface area (Å²) in [7, 11) is 0. The number of hydrogen-bond acceptors (Lipinski definition) is 1. The van der Waals surface area contributed by atoms with Gasteiger partial charge in [0.15, 0.2) is 0 Å². The quantitative estimate of drug-likeness (QED) is 0.574. The third-order valence-electron chi connectivity index (χ3n) is 3.66. The van der Waals surface area contributed by atoms with E-state index in [0.29, 0.717) is 10.6 Å². The summed E-state index contributed by atoms with van der Waals surface area (Å²) in [6.45, 7) is 2.02. The van der Waals surface area contributed by atoms with Crippen molar-refractivity contribution in [1.82, 2.24) is 0 Å². The zero-order chi connectivity index (χ0) is 14.3. The second-order valence-corrected chi connectivity index (χ2v) is 5.76. The van der Waals surface area contributed by atoms with Gasteiger partial charge in [0, 0.05) is 10.6 Å². The molecule has 4 heteroatoms. The van der Waals surface area contributed by atoms with Gasteiger partial charge in [-0.25, -0.2) is 4.39 Å². The molecule has 2 unspecified atom stereocenters. The molecule has 0 amide bonds. The fourth-order valence-corrected chi connectivity index (χ4v) is 2.97. The number of epoxide rings is 1. The van der Waals surface area contributed by atoms with Gasteiger partial charge in [-0.3, -0.25) is 0 Å². The van der Waals surface area contributed by atoms with Crippen LogP contribution in [0.2, 0.25) is 5.02 Å². The highest BCUT2D eigenvalue weighted by atomic mass is 35.5. The summed E-state index contributed by atoms with van der Waals surface area (Å²) >= 11 is 11.8. The van der Waals surface area contributed by atoms with Crippen molar-refractivity contribution in [2.75, 3.05) is 5.88 Å². The van der Waals surface area contributed by atoms with Gasteiger partial charge >= 0.3 is 0 Å². The predicted molar refractivity (Wildman–Crippen MR) is 78.8 cm³/mol. The monoisotopic (exact) mass is 310 g/mol. The van der Waals surface area contributed by atoms with E-state index >= 15 is 0 Å². The Morgan fingerprint density at radius 1 is 1.20 bits per heavy atom.